The van der Waals surface area contributed by atoms with Crippen molar-refractivity contribution in [2.45, 2.75) is 13.3 Å². The van der Waals surface area contributed by atoms with Crippen LogP contribution in [-0.4, -0.2) is 36.6 Å². The van der Waals surface area contributed by atoms with Gasteiger partial charge in [0.2, 0.25) is 5.91 Å². The van der Waals surface area contributed by atoms with Gasteiger partial charge in [0.05, 0.1) is 25.5 Å². The van der Waals surface area contributed by atoms with Crippen LogP contribution in [0.5, 0.6) is 11.5 Å². The van der Waals surface area contributed by atoms with Gasteiger partial charge in [0.15, 0.2) is 6.61 Å². The number of hydrogen-bond donors (Lipinski definition) is 3. The first-order valence-corrected chi connectivity index (χ1v) is 8.96. The number of hydrogen-bond acceptors (Lipinski definition) is 7. The molecule has 0 saturated heterocycles. The highest BCUT2D eigenvalue weighted by atomic mass is 16.5. The van der Waals surface area contributed by atoms with E-state index in [1.807, 2.05) is 0 Å². The van der Waals surface area contributed by atoms with Crippen LogP contribution in [0, 0.1) is 0 Å². The second kappa shape index (κ2) is 8.99. The van der Waals surface area contributed by atoms with Gasteiger partial charge in [0.25, 0.3) is 5.91 Å². The van der Waals surface area contributed by atoms with Gasteiger partial charge in [0, 0.05) is 29.6 Å². The zero-order valence-electron chi connectivity index (χ0n) is 16.4. The van der Waals surface area contributed by atoms with Crippen LogP contribution >= 0.6 is 0 Å². The molecule has 0 aliphatic heterocycles. The summed E-state index contributed by atoms with van der Waals surface area (Å²) in [6, 6.07) is 9.33. The van der Waals surface area contributed by atoms with E-state index < -0.39 is 18.5 Å². The van der Waals surface area contributed by atoms with Gasteiger partial charge >= 0.3 is 5.97 Å². The molecular weight excluding hydrogens is 392 g/mol. The number of ether oxygens (including phenoxy) is 2. The summed E-state index contributed by atoms with van der Waals surface area (Å²) < 4.78 is 15.5. The average Bonchev–Trinajstić information content (AvgIpc) is 3.08. The number of carbonyl (C=O) groups is 3. The van der Waals surface area contributed by atoms with E-state index in [4.69, 9.17) is 13.9 Å². The number of methoxy groups -OCH3 is 1. The molecule has 0 atom stereocenters. The Morgan fingerprint density at radius 2 is 1.90 bits per heavy atom. The number of carbonyl (C=O) groups excluding carboxylic acids is 3. The highest BCUT2D eigenvalue weighted by Gasteiger charge is 2.15. The maximum absolute atomic E-state index is 12.2. The summed E-state index contributed by atoms with van der Waals surface area (Å²) >= 11 is 0. The zero-order chi connectivity index (χ0) is 21.7. The molecule has 2 aromatic carbocycles. The number of rotatable bonds is 7. The van der Waals surface area contributed by atoms with Crippen LogP contribution in [0.2, 0.25) is 0 Å². The molecule has 3 aromatic rings. The van der Waals surface area contributed by atoms with Gasteiger partial charge in [-0.25, -0.2) is 0 Å². The number of benzene rings is 2. The molecule has 0 fully saturated rings. The van der Waals surface area contributed by atoms with E-state index in [9.17, 15) is 19.5 Å². The first-order chi connectivity index (χ1) is 14.4. The number of fused-ring (bicyclic) bond motifs is 1. The Labute approximate surface area is 171 Å². The Bertz CT molecular complexity index is 1100. The van der Waals surface area contributed by atoms with Crippen molar-refractivity contribution in [2.75, 3.05) is 24.4 Å². The third-order valence-electron chi connectivity index (χ3n) is 4.13. The normalized spacial score (nSPS) is 10.5. The highest BCUT2D eigenvalue weighted by molar-refractivity contribution is 5.96. The van der Waals surface area contributed by atoms with E-state index >= 15 is 0 Å². The molecule has 0 bridgehead atoms. The van der Waals surface area contributed by atoms with E-state index in [-0.39, 0.29) is 18.1 Å². The molecule has 0 aliphatic carbocycles. The molecule has 0 unspecified atom stereocenters. The van der Waals surface area contributed by atoms with Gasteiger partial charge in [-0.1, -0.05) is 0 Å². The lowest BCUT2D eigenvalue weighted by atomic mass is 10.1. The Hall–Kier alpha value is -4.01. The minimum absolute atomic E-state index is 0.0562. The lowest BCUT2D eigenvalue weighted by Crippen LogP contribution is -2.22. The summed E-state index contributed by atoms with van der Waals surface area (Å²) in [6.07, 6.45) is 1.32. The summed E-state index contributed by atoms with van der Waals surface area (Å²) in [5.74, 6) is -0.991. The van der Waals surface area contributed by atoms with Crippen molar-refractivity contribution in [3.8, 4) is 11.5 Å². The molecule has 0 aliphatic rings. The van der Waals surface area contributed by atoms with Crippen molar-refractivity contribution in [1.29, 1.82) is 0 Å². The Morgan fingerprint density at radius 1 is 1.10 bits per heavy atom. The summed E-state index contributed by atoms with van der Waals surface area (Å²) in [5.41, 5.74) is 1.83. The quantitative estimate of drug-likeness (QED) is 0.509. The predicted octanol–water partition coefficient (Wildman–Crippen LogP) is 2.83. The van der Waals surface area contributed by atoms with Gasteiger partial charge in [-0.2, -0.15) is 0 Å². The second-order valence-electron chi connectivity index (χ2n) is 6.42. The zero-order valence-corrected chi connectivity index (χ0v) is 16.4. The van der Waals surface area contributed by atoms with Crippen LogP contribution in [0.4, 0.5) is 11.4 Å². The summed E-state index contributed by atoms with van der Waals surface area (Å²) in [4.78, 5) is 35.5. The fourth-order valence-corrected chi connectivity index (χ4v) is 2.83. The monoisotopic (exact) mass is 412 g/mol. The average molecular weight is 412 g/mol. The van der Waals surface area contributed by atoms with Crippen molar-refractivity contribution in [1.82, 2.24) is 0 Å². The number of amides is 2. The van der Waals surface area contributed by atoms with Crippen molar-refractivity contribution in [3.63, 3.8) is 0 Å². The van der Waals surface area contributed by atoms with E-state index in [0.717, 1.165) is 0 Å². The second-order valence-corrected chi connectivity index (χ2v) is 6.42. The number of nitrogens with one attached hydrogen (secondary N) is 2. The molecule has 9 nitrogen and oxygen atoms in total. The predicted molar refractivity (Wildman–Crippen MR) is 108 cm³/mol. The number of phenols is 1. The van der Waals surface area contributed by atoms with Crippen LogP contribution in [0.15, 0.2) is 47.1 Å². The van der Waals surface area contributed by atoms with E-state index in [1.165, 1.54) is 38.5 Å². The largest absolute Gasteiger partial charge is 0.508 e. The smallest absolute Gasteiger partial charge is 0.310 e. The van der Waals surface area contributed by atoms with Crippen molar-refractivity contribution >= 4 is 40.1 Å². The first kappa shape index (κ1) is 20.7. The molecule has 0 saturated carbocycles. The van der Waals surface area contributed by atoms with Crippen LogP contribution in [-0.2, 0) is 25.5 Å². The van der Waals surface area contributed by atoms with Gasteiger partial charge in [-0.15, -0.1) is 0 Å². The van der Waals surface area contributed by atoms with Crippen LogP contribution in [0.25, 0.3) is 11.0 Å². The maximum Gasteiger partial charge on any atom is 0.310 e. The van der Waals surface area contributed by atoms with Crippen LogP contribution in [0.1, 0.15) is 12.5 Å². The fraction of sp³-hybridized carbons (Fsp3) is 0.190. The maximum atomic E-state index is 12.2. The summed E-state index contributed by atoms with van der Waals surface area (Å²) in [6.45, 7) is 0.872. The van der Waals surface area contributed by atoms with E-state index in [0.29, 0.717) is 33.7 Å². The summed E-state index contributed by atoms with van der Waals surface area (Å²) in [5, 5.41) is 15.3. The number of furan rings is 1. The first-order valence-electron chi connectivity index (χ1n) is 8.96. The molecule has 9 heteroatoms. The number of phenolic OH excluding ortho intramolecular Hbond substituents is 1. The molecule has 1 heterocycles. The molecule has 156 valence electrons. The minimum atomic E-state index is -0.611. The highest BCUT2D eigenvalue weighted by Crippen LogP contribution is 2.28. The standard InChI is InChI=1S/C21H20N2O7/c1-12(24)22-14-3-6-18(28-2)17(8-14)23-20(26)11-30-21(27)7-13-10-29-19-9-15(25)4-5-16(13)19/h3-6,8-10,25H,7,11H2,1-2H3,(H,22,24)(H,23,26). The lowest BCUT2D eigenvalue weighted by molar-refractivity contribution is -0.146. The molecular formula is C21H20N2O7. The Kier molecular flexibility index (Phi) is 6.21. The van der Waals surface area contributed by atoms with Crippen LogP contribution < -0.4 is 15.4 Å². The molecule has 0 spiro atoms. The van der Waals surface area contributed by atoms with Gasteiger partial charge in [-0.3, -0.25) is 14.4 Å². The molecule has 0 radical (unpaired) electrons. The third-order valence-corrected chi connectivity index (χ3v) is 4.13. The molecule has 1 aromatic heterocycles. The summed E-state index contributed by atoms with van der Waals surface area (Å²) in [7, 11) is 1.44. The molecule has 2 amide bonds. The van der Waals surface area contributed by atoms with Gasteiger partial charge < -0.3 is 29.6 Å². The van der Waals surface area contributed by atoms with Crippen molar-refractivity contribution in [2.24, 2.45) is 0 Å². The molecule has 30 heavy (non-hydrogen) atoms. The van der Waals surface area contributed by atoms with Crippen molar-refractivity contribution in [3.05, 3.63) is 48.2 Å². The fourth-order valence-electron chi connectivity index (χ4n) is 2.83. The lowest BCUT2D eigenvalue weighted by Gasteiger charge is -2.12. The third kappa shape index (κ3) is 5.07. The Balaban J connectivity index is 1.58. The topological polar surface area (TPSA) is 127 Å². The molecule has 3 rings (SSSR count). The van der Waals surface area contributed by atoms with Crippen molar-refractivity contribution < 1.29 is 33.4 Å². The van der Waals surface area contributed by atoms with Gasteiger partial charge in [0.1, 0.15) is 17.1 Å². The van der Waals surface area contributed by atoms with E-state index in [2.05, 4.69) is 10.6 Å². The number of aromatic hydroxyl groups is 1. The van der Waals surface area contributed by atoms with E-state index in [1.54, 1.807) is 18.2 Å². The molecule has 3 N–H and O–H groups in total. The van der Waals surface area contributed by atoms with Gasteiger partial charge in [-0.05, 0) is 30.3 Å². The number of esters is 1. The SMILES string of the molecule is COc1ccc(NC(C)=O)cc1NC(=O)COC(=O)Cc1coc2cc(O)ccc12. The number of anilines is 2. The van der Waals surface area contributed by atoms with Crippen LogP contribution in [0.3, 0.4) is 0 Å². The minimum Gasteiger partial charge on any atom is -0.508 e. The Morgan fingerprint density at radius 3 is 2.63 bits per heavy atom.